The van der Waals surface area contributed by atoms with Gasteiger partial charge >= 0.3 is 0 Å². The van der Waals surface area contributed by atoms with Crippen LogP contribution in [0.4, 0.5) is 0 Å². The minimum absolute atomic E-state index is 0.00416. The van der Waals surface area contributed by atoms with Crippen LogP contribution in [0.25, 0.3) is 75.4 Å². The van der Waals surface area contributed by atoms with Gasteiger partial charge in [-0.25, -0.2) is 0 Å². The topological polar surface area (TPSA) is 196 Å². The second-order valence-corrected chi connectivity index (χ2v) is 16.1. The summed E-state index contributed by atoms with van der Waals surface area (Å²) in [6.07, 6.45) is -0.941. The molecule has 2 atom stereocenters. The van der Waals surface area contributed by atoms with E-state index in [-0.39, 0.29) is 95.4 Å². The molecule has 8 aromatic rings. The number of benzene rings is 8. The molecule has 0 saturated carbocycles. The predicted octanol–water partition coefficient (Wildman–Crippen LogP) is 8.14. The highest BCUT2D eigenvalue weighted by atomic mass is 79.9. The molecule has 0 aliphatic heterocycles. The Balaban J connectivity index is 1.93. The lowest BCUT2D eigenvalue weighted by molar-refractivity contribution is 0.164. The molecule has 256 valence electrons. The third-order valence-electron chi connectivity index (χ3n) is 10.0. The molecule has 0 aliphatic rings. The summed E-state index contributed by atoms with van der Waals surface area (Å²) in [5.41, 5.74) is -0.911. The Morgan fingerprint density at radius 1 is 0.460 bits per heavy atom. The van der Waals surface area contributed by atoms with Crippen molar-refractivity contribution in [2.75, 3.05) is 0 Å². The number of fused-ring (bicyclic) bond motifs is 2. The Bertz CT molecular complexity index is 2930. The molecule has 0 amide bonds. The highest BCUT2D eigenvalue weighted by molar-refractivity contribution is 9.11. The summed E-state index contributed by atoms with van der Waals surface area (Å²) < 4.78 is -0.426. The lowest BCUT2D eigenvalue weighted by atomic mass is 9.77. The molecule has 0 aliphatic carbocycles. The SMILES string of the molecule is CCC[C@@H](O)Cc1c(Br)c(O)c2c(=O)c3c(O)c(Br)c(O)c4c5c(O)c(Br)c(O)c6c(=O)c7c(O)c(Br)c(C[C@H](C)O)c8c1c2c(c34)c(c65)c78. The Labute approximate surface area is 313 Å². The van der Waals surface area contributed by atoms with Crippen LogP contribution in [0.1, 0.15) is 37.8 Å². The third kappa shape index (κ3) is 3.89. The second-order valence-electron chi connectivity index (χ2n) is 12.9. The monoisotopic (exact) mass is 932 g/mol. The van der Waals surface area contributed by atoms with Gasteiger partial charge < -0.3 is 40.9 Å². The zero-order chi connectivity index (χ0) is 36.1. The number of phenols is 6. The molecule has 50 heavy (non-hydrogen) atoms. The summed E-state index contributed by atoms with van der Waals surface area (Å²) in [7, 11) is 0. The van der Waals surface area contributed by atoms with Crippen LogP contribution in [0, 0.1) is 0 Å². The van der Waals surface area contributed by atoms with E-state index in [1.165, 1.54) is 0 Å². The molecule has 0 aromatic heterocycles. The highest BCUT2D eigenvalue weighted by Gasteiger charge is 2.37. The van der Waals surface area contributed by atoms with Crippen molar-refractivity contribution in [3.63, 3.8) is 0 Å². The van der Waals surface area contributed by atoms with Gasteiger partial charge in [0.25, 0.3) is 0 Å². The van der Waals surface area contributed by atoms with Gasteiger partial charge in [0, 0.05) is 49.5 Å². The van der Waals surface area contributed by atoms with Gasteiger partial charge in [-0.05, 0) is 105 Å². The number of aromatic hydroxyl groups is 6. The van der Waals surface area contributed by atoms with Crippen molar-refractivity contribution in [1.29, 1.82) is 0 Å². The van der Waals surface area contributed by atoms with Crippen LogP contribution in [0.2, 0.25) is 0 Å². The maximum atomic E-state index is 14.7. The summed E-state index contributed by atoms with van der Waals surface area (Å²) >= 11 is 13.3. The van der Waals surface area contributed by atoms with Crippen LogP contribution >= 0.6 is 63.7 Å². The molecule has 0 unspecified atom stereocenters. The Morgan fingerprint density at radius 2 is 0.760 bits per heavy atom. The number of hydrogen-bond acceptors (Lipinski definition) is 10. The molecule has 8 aromatic carbocycles. The average Bonchev–Trinajstić information content (AvgIpc) is 3.06. The molecule has 0 saturated heterocycles. The summed E-state index contributed by atoms with van der Waals surface area (Å²) in [6, 6.07) is 0. The minimum atomic E-state index is -0.973. The molecule has 8 N–H and O–H groups in total. The summed E-state index contributed by atoms with van der Waals surface area (Å²) in [6.45, 7) is 3.44. The van der Waals surface area contributed by atoms with E-state index in [1.807, 2.05) is 6.92 Å². The van der Waals surface area contributed by atoms with E-state index >= 15 is 0 Å². The van der Waals surface area contributed by atoms with Gasteiger partial charge in [0.15, 0.2) is 0 Å². The van der Waals surface area contributed by atoms with Crippen LogP contribution in [-0.4, -0.2) is 53.1 Å². The number of rotatable bonds is 6. The van der Waals surface area contributed by atoms with E-state index < -0.39 is 57.6 Å². The minimum Gasteiger partial charge on any atom is -0.506 e. The van der Waals surface area contributed by atoms with Crippen molar-refractivity contribution in [2.45, 2.75) is 51.7 Å². The Hall–Kier alpha value is -3.40. The van der Waals surface area contributed by atoms with Gasteiger partial charge in [-0.15, -0.1) is 0 Å². The fourth-order valence-electron chi connectivity index (χ4n) is 8.17. The smallest absolute Gasteiger partial charge is 0.201 e. The molecule has 8 rings (SSSR count). The first-order valence-corrected chi connectivity index (χ1v) is 18.7. The maximum absolute atomic E-state index is 14.7. The summed E-state index contributed by atoms with van der Waals surface area (Å²) in [4.78, 5) is 29.4. The quantitative estimate of drug-likeness (QED) is 0.0596. The Morgan fingerprint density at radius 3 is 1.12 bits per heavy atom. The molecule has 0 heterocycles. The van der Waals surface area contributed by atoms with Crippen molar-refractivity contribution < 1.29 is 40.9 Å². The number of halogens is 4. The van der Waals surface area contributed by atoms with E-state index in [0.717, 1.165) is 0 Å². The second kappa shape index (κ2) is 11.1. The molecule has 0 bridgehead atoms. The van der Waals surface area contributed by atoms with Crippen molar-refractivity contribution >= 4 is 139 Å². The molecular formula is C36H24Br4O10. The Kier molecular flexibility index (Phi) is 7.45. The van der Waals surface area contributed by atoms with Crippen molar-refractivity contribution in [3.05, 3.63) is 49.5 Å². The third-order valence-corrected chi connectivity index (χ3v) is 13.2. The number of aliphatic hydroxyl groups excluding tert-OH is 2. The van der Waals surface area contributed by atoms with E-state index in [1.54, 1.807) is 6.92 Å². The molecule has 14 heteroatoms. The fourth-order valence-corrected chi connectivity index (χ4v) is 10.1. The van der Waals surface area contributed by atoms with E-state index in [2.05, 4.69) is 63.7 Å². The molecule has 10 nitrogen and oxygen atoms in total. The largest absolute Gasteiger partial charge is 0.506 e. The molecule has 0 radical (unpaired) electrons. The van der Waals surface area contributed by atoms with Crippen LogP contribution in [0.15, 0.2) is 27.5 Å². The predicted molar refractivity (Wildman–Crippen MR) is 207 cm³/mol. The number of aliphatic hydroxyl groups is 2. The first-order valence-electron chi connectivity index (χ1n) is 15.5. The standard InChI is InChI=1S/C36H24Br4O10/c1-3-4-8(42)6-10-12-11-9(5-7(2)41)25(37)33(47)21-13(11)15-16-14(12)22(34(48)26(10)38)30(44)24-18(16)20(32(46)28(40)36(24)50)19-17(15)23(29(21)43)35(49)27(39)31(19)45/h7-8,41-42,45-50H,3-6H2,1-2H3/t7-,8+/m0/s1. The number of hydrogen-bond donors (Lipinski definition) is 8. The lowest BCUT2D eigenvalue weighted by Crippen LogP contribution is -2.15. The fraction of sp³-hybridized carbons (Fsp3) is 0.222. The summed E-state index contributed by atoms with van der Waals surface area (Å²) in [5, 5.41) is 91.9. The highest BCUT2D eigenvalue weighted by Crippen LogP contribution is 2.61. The summed E-state index contributed by atoms with van der Waals surface area (Å²) in [5.74, 6) is -3.39. The van der Waals surface area contributed by atoms with Gasteiger partial charge in [0.05, 0.1) is 42.7 Å². The maximum Gasteiger partial charge on any atom is 0.201 e. The first kappa shape index (κ1) is 33.7. The molecular weight excluding hydrogens is 912 g/mol. The zero-order valence-corrected chi connectivity index (χ0v) is 32.2. The lowest BCUT2D eigenvalue weighted by Gasteiger charge is -2.28. The van der Waals surface area contributed by atoms with Crippen molar-refractivity contribution in [3.8, 4) is 34.5 Å². The van der Waals surface area contributed by atoms with Gasteiger partial charge in [-0.3, -0.25) is 9.59 Å². The normalized spacial score (nSPS) is 14.0. The van der Waals surface area contributed by atoms with Gasteiger partial charge in [-0.2, -0.15) is 0 Å². The van der Waals surface area contributed by atoms with E-state index in [4.69, 9.17) is 0 Å². The average molecular weight is 936 g/mol. The first-order chi connectivity index (χ1) is 23.6. The van der Waals surface area contributed by atoms with E-state index in [0.29, 0.717) is 34.7 Å². The molecule has 0 spiro atoms. The van der Waals surface area contributed by atoms with Crippen LogP contribution < -0.4 is 10.9 Å². The van der Waals surface area contributed by atoms with Crippen LogP contribution in [0.3, 0.4) is 0 Å². The van der Waals surface area contributed by atoms with Crippen LogP contribution in [0.5, 0.6) is 34.5 Å². The van der Waals surface area contributed by atoms with Gasteiger partial charge in [0.1, 0.15) is 43.4 Å². The van der Waals surface area contributed by atoms with Crippen molar-refractivity contribution in [1.82, 2.24) is 0 Å². The zero-order valence-electron chi connectivity index (χ0n) is 25.9. The van der Waals surface area contributed by atoms with Crippen LogP contribution in [-0.2, 0) is 12.8 Å². The van der Waals surface area contributed by atoms with Crippen molar-refractivity contribution in [2.24, 2.45) is 0 Å². The van der Waals surface area contributed by atoms with E-state index in [9.17, 15) is 50.4 Å². The number of phenolic OH excluding ortho intramolecular Hbond substituents is 6. The molecule has 0 fully saturated rings. The van der Waals surface area contributed by atoms with Gasteiger partial charge in [-0.1, -0.05) is 13.3 Å². The van der Waals surface area contributed by atoms with Gasteiger partial charge in [0.2, 0.25) is 10.9 Å².